The quantitative estimate of drug-likeness (QED) is 0.131. The maximum atomic E-state index is 2.39. The van der Waals surface area contributed by atoms with Crippen molar-refractivity contribution < 1.29 is 0 Å². The Morgan fingerprint density at radius 3 is 1.22 bits per heavy atom. The topological polar surface area (TPSA) is 3.24 Å². The number of hydrogen-bond acceptors (Lipinski definition) is 1. The molecular formula is C62H43N. The Balaban J connectivity index is 1.06. The van der Waals surface area contributed by atoms with Gasteiger partial charge in [0.1, 0.15) is 0 Å². The van der Waals surface area contributed by atoms with Crippen molar-refractivity contribution in [2.75, 3.05) is 4.90 Å². The van der Waals surface area contributed by atoms with Gasteiger partial charge in [0.25, 0.3) is 0 Å². The van der Waals surface area contributed by atoms with Crippen molar-refractivity contribution in [3.63, 3.8) is 0 Å². The third kappa shape index (κ3) is 7.47. The van der Waals surface area contributed by atoms with E-state index in [1.54, 1.807) is 0 Å². The maximum absolute atomic E-state index is 2.39. The molecule has 0 fully saturated rings. The van der Waals surface area contributed by atoms with Crippen LogP contribution in [0.4, 0.5) is 17.1 Å². The molecule has 0 N–H and O–H groups in total. The summed E-state index contributed by atoms with van der Waals surface area (Å²) in [5, 5.41) is 5.05. The van der Waals surface area contributed by atoms with Crippen molar-refractivity contribution in [2.24, 2.45) is 0 Å². The minimum atomic E-state index is 1.08. The van der Waals surface area contributed by atoms with Crippen LogP contribution in [0.1, 0.15) is 0 Å². The normalized spacial score (nSPS) is 11.2. The smallest absolute Gasteiger partial charge is 0.0468 e. The first-order valence-electron chi connectivity index (χ1n) is 21.7. The van der Waals surface area contributed by atoms with Gasteiger partial charge in [-0.1, -0.05) is 212 Å². The van der Waals surface area contributed by atoms with Gasteiger partial charge in [-0.15, -0.1) is 0 Å². The molecular weight excluding hydrogens is 759 g/mol. The summed E-state index contributed by atoms with van der Waals surface area (Å²) in [7, 11) is 0. The van der Waals surface area contributed by atoms with Crippen LogP contribution in [0.25, 0.3) is 88.3 Å². The van der Waals surface area contributed by atoms with E-state index in [9.17, 15) is 0 Å². The van der Waals surface area contributed by atoms with Crippen LogP contribution in [0.5, 0.6) is 0 Å². The summed E-state index contributed by atoms with van der Waals surface area (Å²) in [6, 6.07) is 94.7. The molecule has 0 atom stereocenters. The Kier molecular flexibility index (Phi) is 9.97. The Labute approximate surface area is 369 Å². The summed E-state index contributed by atoms with van der Waals surface area (Å²) >= 11 is 0. The van der Waals surface area contributed by atoms with Crippen molar-refractivity contribution in [3.8, 4) is 66.8 Å². The molecule has 0 aliphatic rings. The van der Waals surface area contributed by atoms with E-state index >= 15 is 0 Å². The molecule has 0 bridgehead atoms. The van der Waals surface area contributed by atoms with E-state index in [1.807, 2.05) is 0 Å². The highest BCUT2D eigenvalue weighted by molar-refractivity contribution is 6.13. The van der Waals surface area contributed by atoms with Crippen LogP contribution in [-0.4, -0.2) is 0 Å². The highest BCUT2D eigenvalue weighted by Gasteiger charge is 2.18. The van der Waals surface area contributed by atoms with Crippen LogP contribution in [0, 0.1) is 0 Å². The second-order valence-electron chi connectivity index (χ2n) is 16.1. The average molecular weight is 802 g/mol. The number of hydrogen-bond donors (Lipinski definition) is 0. The predicted octanol–water partition coefficient (Wildman–Crippen LogP) is 17.5. The molecule has 0 unspecified atom stereocenters. The largest absolute Gasteiger partial charge is 0.310 e. The lowest BCUT2D eigenvalue weighted by Crippen LogP contribution is -2.10. The van der Waals surface area contributed by atoms with Crippen molar-refractivity contribution in [2.45, 2.75) is 0 Å². The lowest BCUT2D eigenvalue weighted by atomic mass is 9.91. The zero-order valence-electron chi connectivity index (χ0n) is 34.8. The van der Waals surface area contributed by atoms with Gasteiger partial charge >= 0.3 is 0 Å². The number of nitrogens with zero attached hydrogens (tertiary/aromatic N) is 1. The average Bonchev–Trinajstić information content (AvgIpc) is 3.37. The summed E-state index contributed by atoms with van der Waals surface area (Å²) in [5.41, 5.74) is 17.6. The van der Waals surface area contributed by atoms with Gasteiger partial charge in [-0.2, -0.15) is 0 Å². The van der Waals surface area contributed by atoms with Gasteiger partial charge in [-0.25, -0.2) is 0 Å². The third-order valence-electron chi connectivity index (χ3n) is 12.3. The first-order chi connectivity index (χ1) is 31.2. The fraction of sp³-hybridized carbons (Fsp3) is 0. The molecule has 11 aromatic carbocycles. The molecule has 1 heteroatoms. The molecule has 0 spiro atoms. The monoisotopic (exact) mass is 801 g/mol. The molecule has 296 valence electrons. The van der Waals surface area contributed by atoms with E-state index in [0.717, 1.165) is 22.6 Å². The van der Waals surface area contributed by atoms with Gasteiger partial charge in [0.2, 0.25) is 0 Å². The van der Waals surface area contributed by atoms with Crippen molar-refractivity contribution >= 4 is 38.6 Å². The number of rotatable bonds is 9. The lowest BCUT2D eigenvalue weighted by Gasteiger charge is -2.27. The molecule has 1 nitrogen and oxygen atoms in total. The predicted molar refractivity (Wildman–Crippen MR) is 269 cm³/mol. The Morgan fingerprint density at radius 2 is 0.603 bits per heavy atom. The van der Waals surface area contributed by atoms with E-state index in [1.165, 1.54) is 82.7 Å². The lowest BCUT2D eigenvalue weighted by molar-refractivity contribution is 1.28. The minimum absolute atomic E-state index is 1.08. The second-order valence-corrected chi connectivity index (χ2v) is 16.1. The Bertz CT molecular complexity index is 3340. The van der Waals surface area contributed by atoms with Gasteiger partial charge in [-0.3, -0.25) is 0 Å². The van der Waals surface area contributed by atoms with Crippen molar-refractivity contribution in [1.29, 1.82) is 0 Å². The van der Waals surface area contributed by atoms with E-state index in [4.69, 9.17) is 0 Å². The molecule has 0 radical (unpaired) electrons. The molecule has 0 saturated carbocycles. The van der Waals surface area contributed by atoms with E-state index < -0.39 is 0 Å². The molecule has 0 heterocycles. The fourth-order valence-electron chi connectivity index (χ4n) is 9.10. The zero-order chi connectivity index (χ0) is 42.0. The summed E-state index contributed by atoms with van der Waals surface area (Å²) < 4.78 is 0. The Hall–Kier alpha value is -8.26. The summed E-state index contributed by atoms with van der Waals surface area (Å²) in [6.45, 7) is 0. The zero-order valence-corrected chi connectivity index (χ0v) is 34.8. The number of anilines is 3. The van der Waals surface area contributed by atoms with Crippen LogP contribution >= 0.6 is 0 Å². The Morgan fingerprint density at radius 1 is 0.190 bits per heavy atom. The molecule has 0 aromatic heterocycles. The number of benzene rings is 11. The molecule has 63 heavy (non-hydrogen) atoms. The summed E-state index contributed by atoms with van der Waals surface area (Å²) in [6.07, 6.45) is 0. The fourth-order valence-corrected chi connectivity index (χ4v) is 9.10. The highest BCUT2D eigenvalue weighted by atomic mass is 15.1. The van der Waals surface area contributed by atoms with Crippen molar-refractivity contribution in [1.82, 2.24) is 0 Å². The molecule has 11 rings (SSSR count). The maximum Gasteiger partial charge on any atom is 0.0468 e. The molecule has 0 aliphatic carbocycles. The van der Waals surface area contributed by atoms with Gasteiger partial charge in [0, 0.05) is 17.1 Å². The van der Waals surface area contributed by atoms with Gasteiger partial charge in [0.15, 0.2) is 0 Å². The molecule has 0 amide bonds. The second kappa shape index (κ2) is 16.7. The SMILES string of the molecule is c1ccc(-c2ccc(-c3cc(N(c4ccc(-c5ccccc5)cc4)c4ccc(-c5cc6ccccc6c6ccccc56)cc4)ccc3-c3cccc(-c4ccccc4)c3)cc2)cc1. The molecule has 0 saturated heterocycles. The van der Waals surface area contributed by atoms with E-state index in [-0.39, 0.29) is 0 Å². The van der Waals surface area contributed by atoms with E-state index in [0.29, 0.717) is 0 Å². The van der Waals surface area contributed by atoms with Crippen LogP contribution in [0.3, 0.4) is 0 Å². The van der Waals surface area contributed by atoms with Crippen LogP contribution < -0.4 is 4.90 Å². The van der Waals surface area contributed by atoms with Gasteiger partial charge < -0.3 is 4.90 Å². The van der Waals surface area contributed by atoms with E-state index in [2.05, 4.69) is 266 Å². The van der Waals surface area contributed by atoms with Crippen molar-refractivity contribution in [3.05, 3.63) is 261 Å². The van der Waals surface area contributed by atoms with Crippen LogP contribution in [0.15, 0.2) is 261 Å². The van der Waals surface area contributed by atoms with Gasteiger partial charge in [0.05, 0.1) is 0 Å². The third-order valence-corrected chi connectivity index (χ3v) is 12.3. The summed E-state index contributed by atoms with van der Waals surface area (Å²) in [4.78, 5) is 2.39. The highest BCUT2D eigenvalue weighted by Crippen LogP contribution is 2.43. The van der Waals surface area contributed by atoms with Crippen LogP contribution in [0.2, 0.25) is 0 Å². The number of fused-ring (bicyclic) bond motifs is 3. The minimum Gasteiger partial charge on any atom is -0.310 e. The first kappa shape index (κ1) is 37.7. The first-order valence-corrected chi connectivity index (χ1v) is 21.7. The molecule has 11 aromatic rings. The molecule has 0 aliphatic heterocycles. The standard InChI is InChI=1S/C62H43N/c1-4-15-44(16-5-1)47-27-29-49(30-28-47)62-43-56(39-40-58(62)52-23-14-22-51(41-52)46-19-8-3-9-20-46)63(54-35-31-48(32-36-54)45-17-6-2-7-18-45)55-37-33-50(34-38-55)61-42-53-21-10-11-24-57(53)59-25-12-13-26-60(59)61/h1-43H. The summed E-state index contributed by atoms with van der Waals surface area (Å²) in [5.74, 6) is 0. The van der Waals surface area contributed by atoms with Crippen LogP contribution in [-0.2, 0) is 0 Å². The van der Waals surface area contributed by atoms with Gasteiger partial charge in [-0.05, 0) is 137 Å².